The molecule has 3 aliphatic rings. The number of nitrogens with zero attached hydrogens (tertiary/aromatic N) is 1. The summed E-state index contributed by atoms with van der Waals surface area (Å²) < 4.78 is 0. The molecule has 0 spiro atoms. The third kappa shape index (κ3) is 3.48. The SMILES string of the molecule is CCCNC1CC2CCCC(C1)N2CC1CCSC1. The van der Waals surface area contributed by atoms with Gasteiger partial charge < -0.3 is 5.32 Å². The van der Waals surface area contributed by atoms with Crippen molar-refractivity contribution in [2.24, 2.45) is 5.92 Å². The molecule has 0 aromatic carbocycles. The highest BCUT2D eigenvalue weighted by molar-refractivity contribution is 7.99. The van der Waals surface area contributed by atoms with E-state index in [2.05, 4.69) is 28.9 Å². The van der Waals surface area contributed by atoms with Gasteiger partial charge in [-0.2, -0.15) is 11.8 Å². The molecule has 0 aromatic heterocycles. The second-order valence-electron chi connectivity index (χ2n) is 6.79. The van der Waals surface area contributed by atoms with Crippen LogP contribution in [-0.2, 0) is 0 Å². The zero-order valence-corrected chi connectivity index (χ0v) is 13.3. The van der Waals surface area contributed by atoms with Gasteiger partial charge in [-0.25, -0.2) is 0 Å². The molecule has 3 unspecified atom stereocenters. The van der Waals surface area contributed by atoms with E-state index in [4.69, 9.17) is 0 Å². The molecule has 3 aliphatic heterocycles. The minimum Gasteiger partial charge on any atom is -0.314 e. The molecular formula is C16H30N2S. The highest BCUT2D eigenvalue weighted by Crippen LogP contribution is 2.36. The summed E-state index contributed by atoms with van der Waals surface area (Å²) in [6.07, 6.45) is 9.97. The van der Waals surface area contributed by atoms with Crippen molar-refractivity contribution in [3.8, 4) is 0 Å². The van der Waals surface area contributed by atoms with E-state index >= 15 is 0 Å². The summed E-state index contributed by atoms with van der Waals surface area (Å²) in [5.74, 6) is 3.83. The molecule has 1 N–H and O–H groups in total. The third-order valence-corrected chi connectivity index (χ3v) is 6.53. The largest absolute Gasteiger partial charge is 0.314 e. The average Bonchev–Trinajstić information content (AvgIpc) is 2.89. The highest BCUT2D eigenvalue weighted by atomic mass is 32.2. The summed E-state index contributed by atoms with van der Waals surface area (Å²) in [7, 11) is 0. The molecule has 0 radical (unpaired) electrons. The van der Waals surface area contributed by atoms with E-state index in [0.29, 0.717) is 0 Å². The van der Waals surface area contributed by atoms with Crippen LogP contribution in [0, 0.1) is 5.92 Å². The van der Waals surface area contributed by atoms with Gasteiger partial charge in [-0.15, -0.1) is 0 Å². The molecule has 3 fully saturated rings. The first kappa shape index (κ1) is 14.2. The van der Waals surface area contributed by atoms with Gasteiger partial charge >= 0.3 is 0 Å². The first-order valence-electron chi connectivity index (χ1n) is 8.43. The molecule has 19 heavy (non-hydrogen) atoms. The lowest BCUT2D eigenvalue weighted by molar-refractivity contribution is 0.0148. The zero-order chi connectivity index (χ0) is 13.1. The Morgan fingerprint density at radius 1 is 1.16 bits per heavy atom. The Kier molecular flexibility index (Phi) is 5.10. The lowest BCUT2D eigenvalue weighted by Crippen LogP contribution is -2.57. The smallest absolute Gasteiger partial charge is 0.0113 e. The Balaban J connectivity index is 1.56. The molecule has 0 saturated carbocycles. The fourth-order valence-electron chi connectivity index (χ4n) is 4.32. The molecule has 0 aliphatic carbocycles. The van der Waals surface area contributed by atoms with E-state index in [0.717, 1.165) is 24.0 Å². The van der Waals surface area contributed by atoms with Crippen LogP contribution in [0.1, 0.15) is 51.9 Å². The Bertz CT molecular complexity index is 264. The summed E-state index contributed by atoms with van der Waals surface area (Å²) in [4.78, 5) is 2.92. The monoisotopic (exact) mass is 282 g/mol. The molecule has 3 rings (SSSR count). The van der Waals surface area contributed by atoms with Crippen molar-refractivity contribution in [2.75, 3.05) is 24.6 Å². The van der Waals surface area contributed by atoms with Crippen LogP contribution >= 0.6 is 11.8 Å². The van der Waals surface area contributed by atoms with E-state index in [9.17, 15) is 0 Å². The van der Waals surface area contributed by atoms with Crippen LogP contribution in [0.4, 0.5) is 0 Å². The van der Waals surface area contributed by atoms with Gasteiger partial charge in [-0.05, 0) is 62.5 Å². The first-order chi connectivity index (χ1) is 9.36. The molecular weight excluding hydrogens is 252 g/mol. The number of hydrogen-bond donors (Lipinski definition) is 1. The predicted molar refractivity (Wildman–Crippen MR) is 84.9 cm³/mol. The number of piperidine rings is 2. The van der Waals surface area contributed by atoms with Crippen molar-refractivity contribution < 1.29 is 0 Å². The van der Waals surface area contributed by atoms with Gasteiger partial charge in [0.2, 0.25) is 0 Å². The molecule has 0 amide bonds. The average molecular weight is 282 g/mol. The van der Waals surface area contributed by atoms with Gasteiger partial charge in [0.15, 0.2) is 0 Å². The maximum Gasteiger partial charge on any atom is 0.0113 e. The molecule has 3 saturated heterocycles. The van der Waals surface area contributed by atoms with Crippen LogP contribution in [0.2, 0.25) is 0 Å². The highest BCUT2D eigenvalue weighted by Gasteiger charge is 2.38. The Morgan fingerprint density at radius 3 is 2.58 bits per heavy atom. The second kappa shape index (κ2) is 6.82. The number of hydrogen-bond acceptors (Lipinski definition) is 3. The van der Waals surface area contributed by atoms with E-state index in [1.165, 1.54) is 69.5 Å². The van der Waals surface area contributed by atoms with Crippen LogP contribution in [0.25, 0.3) is 0 Å². The molecule has 2 bridgehead atoms. The lowest BCUT2D eigenvalue weighted by Gasteiger charge is -2.50. The molecule has 3 atom stereocenters. The van der Waals surface area contributed by atoms with Gasteiger partial charge in [-0.1, -0.05) is 13.3 Å². The third-order valence-electron chi connectivity index (χ3n) is 5.30. The molecule has 110 valence electrons. The van der Waals surface area contributed by atoms with Gasteiger partial charge in [-0.3, -0.25) is 4.90 Å². The van der Waals surface area contributed by atoms with E-state index < -0.39 is 0 Å². The Morgan fingerprint density at radius 2 is 1.95 bits per heavy atom. The normalized spacial score (nSPS) is 39.6. The minimum absolute atomic E-state index is 0.810. The zero-order valence-electron chi connectivity index (χ0n) is 12.4. The quantitative estimate of drug-likeness (QED) is 0.834. The van der Waals surface area contributed by atoms with E-state index in [1.54, 1.807) is 0 Å². The summed E-state index contributed by atoms with van der Waals surface area (Å²) in [6, 6.07) is 2.60. The van der Waals surface area contributed by atoms with Crippen LogP contribution in [0.15, 0.2) is 0 Å². The molecule has 3 heteroatoms. The number of rotatable bonds is 5. The lowest BCUT2D eigenvalue weighted by atomic mass is 9.81. The Hall–Kier alpha value is 0.270. The van der Waals surface area contributed by atoms with E-state index in [-0.39, 0.29) is 0 Å². The van der Waals surface area contributed by atoms with Crippen molar-refractivity contribution in [1.82, 2.24) is 10.2 Å². The van der Waals surface area contributed by atoms with Crippen molar-refractivity contribution >= 4 is 11.8 Å². The van der Waals surface area contributed by atoms with Crippen LogP contribution in [0.3, 0.4) is 0 Å². The van der Waals surface area contributed by atoms with Gasteiger partial charge in [0, 0.05) is 24.7 Å². The van der Waals surface area contributed by atoms with Crippen LogP contribution < -0.4 is 5.32 Å². The summed E-state index contributed by atoms with van der Waals surface area (Å²) >= 11 is 2.17. The molecule has 3 heterocycles. The second-order valence-corrected chi connectivity index (χ2v) is 7.94. The van der Waals surface area contributed by atoms with Gasteiger partial charge in [0.1, 0.15) is 0 Å². The van der Waals surface area contributed by atoms with E-state index in [1.807, 2.05) is 0 Å². The number of fused-ring (bicyclic) bond motifs is 2. The maximum atomic E-state index is 3.78. The standard InChI is InChI=1S/C16H30N2S/c1-2-7-17-14-9-15-4-3-5-16(10-14)18(15)11-13-6-8-19-12-13/h13-17H,2-12H2,1H3. The Labute approximate surface area is 123 Å². The predicted octanol–water partition coefficient (Wildman–Crippen LogP) is 3.12. The number of nitrogens with one attached hydrogen (secondary N) is 1. The summed E-state index contributed by atoms with van der Waals surface area (Å²) in [5.41, 5.74) is 0. The van der Waals surface area contributed by atoms with Crippen LogP contribution in [0.5, 0.6) is 0 Å². The summed E-state index contributed by atoms with van der Waals surface area (Å²) in [6.45, 7) is 4.90. The van der Waals surface area contributed by atoms with Crippen molar-refractivity contribution in [3.05, 3.63) is 0 Å². The van der Waals surface area contributed by atoms with Crippen molar-refractivity contribution in [3.63, 3.8) is 0 Å². The topological polar surface area (TPSA) is 15.3 Å². The van der Waals surface area contributed by atoms with Crippen LogP contribution in [-0.4, -0.2) is 47.6 Å². The van der Waals surface area contributed by atoms with Crippen molar-refractivity contribution in [1.29, 1.82) is 0 Å². The molecule has 0 aromatic rings. The fourth-order valence-corrected chi connectivity index (χ4v) is 5.59. The maximum absolute atomic E-state index is 3.78. The molecule has 2 nitrogen and oxygen atoms in total. The summed E-state index contributed by atoms with van der Waals surface area (Å²) in [5, 5.41) is 3.78. The number of thioether (sulfide) groups is 1. The fraction of sp³-hybridized carbons (Fsp3) is 1.00. The van der Waals surface area contributed by atoms with Crippen molar-refractivity contribution in [2.45, 2.75) is 70.0 Å². The minimum atomic E-state index is 0.810. The first-order valence-corrected chi connectivity index (χ1v) is 9.59. The van der Waals surface area contributed by atoms with Gasteiger partial charge in [0.05, 0.1) is 0 Å². The van der Waals surface area contributed by atoms with Gasteiger partial charge in [0.25, 0.3) is 0 Å².